The average molecular weight is 369 g/mol. The number of aliphatic hydroxyl groups is 1. The highest BCUT2D eigenvalue weighted by molar-refractivity contribution is 5.84. The number of benzene rings is 1. The summed E-state index contributed by atoms with van der Waals surface area (Å²) < 4.78 is 2.08. The van der Waals surface area contributed by atoms with Gasteiger partial charge in [-0.05, 0) is 44.4 Å². The van der Waals surface area contributed by atoms with Crippen molar-refractivity contribution in [2.45, 2.75) is 46.7 Å². The number of imidazole rings is 1. The summed E-state index contributed by atoms with van der Waals surface area (Å²) in [5, 5.41) is 16.3. The number of rotatable bonds is 7. The van der Waals surface area contributed by atoms with Crippen LogP contribution < -0.4 is 15.2 Å². The summed E-state index contributed by atoms with van der Waals surface area (Å²) in [5.74, 6) is 1.46. The van der Waals surface area contributed by atoms with Gasteiger partial charge in [0.25, 0.3) is 0 Å². The Bertz CT molecular complexity index is 918. The number of aliphatic hydroxyl groups excluding tert-OH is 1. The number of H-pyrrole nitrogens is 1. The van der Waals surface area contributed by atoms with Gasteiger partial charge in [0.2, 0.25) is 5.52 Å². The molecule has 1 aromatic carbocycles. The van der Waals surface area contributed by atoms with Crippen molar-refractivity contribution in [1.29, 1.82) is 0 Å². The Morgan fingerprint density at radius 2 is 1.96 bits per heavy atom. The Hall–Kier alpha value is -2.67. The van der Waals surface area contributed by atoms with Crippen molar-refractivity contribution in [3.63, 3.8) is 0 Å². The monoisotopic (exact) mass is 369 g/mol. The van der Waals surface area contributed by atoms with E-state index in [0.29, 0.717) is 11.8 Å². The number of aromatic amines is 1. The molecule has 3 aromatic rings. The van der Waals surface area contributed by atoms with Gasteiger partial charge >= 0.3 is 11.6 Å². The first-order valence-electron chi connectivity index (χ1n) is 9.40. The third-order valence-corrected chi connectivity index (χ3v) is 4.64. The zero-order valence-corrected chi connectivity index (χ0v) is 16.6. The first-order valence-corrected chi connectivity index (χ1v) is 9.40. The van der Waals surface area contributed by atoms with E-state index in [1.165, 1.54) is 5.56 Å². The van der Waals surface area contributed by atoms with Gasteiger partial charge in [-0.1, -0.05) is 31.0 Å². The number of aromatic nitrogens is 4. The number of fused-ring (bicyclic) bond motifs is 1. The molecule has 7 heteroatoms. The number of hydrogen-bond acceptors (Lipinski definition) is 5. The summed E-state index contributed by atoms with van der Waals surface area (Å²) in [6, 6.07) is 8.30. The molecule has 0 saturated heterocycles. The van der Waals surface area contributed by atoms with E-state index in [1.54, 1.807) is 0 Å². The van der Waals surface area contributed by atoms with Gasteiger partial charge in [-0.3, -0.25) is 4.98 Å². The van der Waals surface area contributed by atoms with Crippen LogP contribution in [0.5, 0.6) is 0 Å². The van der Waals surface area contributed by atoms with E-state index < -0.39 is 0 Å². The molecule has 0 bridgehead atoms. The van der Waals surface area contributed by atoms with Crippen LogP contribution in [0.3, 0.4) is 0 Å². The molecular formula is C20H29N6O+. The van der Waals surface area contributed by atoms with E-state index >= 15 is 0 Å². The molecule has 1 atom stereocenters. The van der Waals surface area contributed by atoms with Crippen LogP contribution in [-0.2, 0) is 0 Å². The Labute approximate surface area is 159 Å². The van der Waals surface area contributed by atoms with Crippen LogP contribution in [0.1, 0.15) is 39.3 Å². The van der Waals surface area contributed by atoms with E-state index in [4.69, 9.17) is 4.98 Å². The van der Waals surface area contributed by atoms with Crippen molar-refractivity contribution in [1.82, 2.24) is 15.0 Å². The first kappa shape index (κ1) is 19.1. The fraction of sp³-hybridized carbons (Fsp3) is 0.450. The molecule has 4 N–H and O–H groups in total. The lowest BCUT2D eigenvalue weighted by Crippen LogP contribution is -2.35. The summed E-state index contributed by atoms with van der Waals surface area (Å²) in [6.07, 6.45) is 1.92. The minimum Gasteiger partial charge on any atom is -0.394 e. The van der Waals surface area contributed by atoms with Gasteiger partial charge < -0.3 is 15.7 Å². The van der Waals surface area contributed by atoms with Crippen molar-refractivity contribution in [3.05, 3.63) is 36.2 Å². The maximum absolute atomic E-state index is 9.66. The fourth-order valence-corrected chi connectivity index (χ4v) is 2.96. The molecule has 7 nitrogen and oxygen atoms in total. The lowest BCUT2D eigenvalue weighted by molar-refractivity contribution is -0.692. The number of hydrogen-bond donors (Lipinski definition) is 4. The van der Waals surface area contributed by atoms with E-state index in [1.807, 2.05) is 18.5 Å². The summed E-state index contributed by atoms with van der Waals surface area (Å²) >= 11 is 0. The van der Waals surface area contributed by atoms with Crippen molar-refractivity contribution in [2.75, 3.05) is 17.2 Å². The molecular weight excluding hydrogens is 340 g/mol. The lowest BCUT2D eigenvalue weighted by Gasteiger charge is -2.19. The van der Waals surface area contributed by atoms with Gasteiger partial charge in [0, 0.05) is 5.69 Å². The van der Waals surface area contributed by atoms with E-state index in [2.05, 4.69) is 71.9 Å². The standard InChI is InChI=1S/C20H28N6O/c1-12(2)16(10-27)23-20-24-18(22-15-8-6-7-14(5)9-15)17-19(25-20)26(11-21-17)13(3)4/h6-9,11-13,16,27H,10H2,1-5H3,(H2,22,23,24,25)/p+1. The van der Waals surface area contributed by atoms with Crippen molar-refractivity contribution >= 4 is 28.6 Å². The van der Waals surface area contributed by atoms with Gasteiger partial charge in [0.1, 0.15) is 0 Å². The second-order valence-corrected chi connectivity index (χ2v) is 7.54. The number of aryl methyl sites for hydroxylation is 1. The Kier molecular flexibility index (Phi) is 5.60. The largest absolute Gasteiger partial charge is 0.394 e. The van der Waals surface area contributed by atoms with Crippen LogP contribution in [0.15, 0.2) is 30.6 Å². The summed E-state index contributed by atoms with van der Waals surface area (Å²) in [7, 11) is 0. The molecule has 0 saturated carbocycles. The lowest BCUT2D eigenvalue weighted by atomic mass is 10.1. The number of anilines is 3. The highest BCUT2D eigenvalue weighted by atomic mass is 16.3. The van der Waals surface area contributed by atoms with E-state index in [-0.39, 0.29) is 24.6 Å². The van der Waals surface area contributed by atoms with Crippen LogP contribution in [-0.4, -0.2) is 32.7 Å². The second-order valence-electron chi connectivity index (χ2n) is 7.54. The summed E-state index contributed by atoms with van der Waals surface area (Å²) in [5.41, 5.74) is 3.81. The predicted molar refractivity (Wildman–Crippen MR) is 108 cm³/mol. The van der Waals surface area contributed by atoms with Crippen LogP contribution in [0.4, 0.5) is 17.5 Å². The molecule has 0 amide bonds. The molecule has 2 heterocycles. The molecule has 1 unspecified atom stereocenters. The van der Waals surface area contributed by atoms with Crippen LogP contribution >= 0.6 is 0 Å². The summed E-state index contributed by atoms with van der Waals surface area (Å²) in [4.78, 5) is 12.7. The summed E-state index contributed by atoms with van der Waals surface area (Å²) in [6.45, 7) is 10.4. The molecule has 27 heavy (non-hydrogen) atoms. The highest BCUT2D eigenvalue weighted by Gasteiger charge is 2.23. The van der Waals surface area contributed by atoms with Crippen molar-refractivity contribution in [2.24, 2.45) is 5.92 Å². The molecule has 0 radical (unpaired) electrons. The smallest absolute Gasteiger partial charge is 0.309 e. The Morgan fingerprint density at radius 3 is 2.59 bits per heavy atom. The fourth-order valence-electron chi connectivity index (χ4n) is 2.96. The van der Waals surface area contributed by atoms with Crippen molar-refractivity contribution < 1.29 is 9.67 Å². The first-order chi connectivity index (χ1) is 12.9. The van der Waals surface area contributed by atoms with Gasteiger partial charge in [-0.2, -0.15) is 4.98 Å². The van der Waals surface area contributed by atoms with Gasteiger partial charge in [-0.25, -0.2) is 4.57 Å². The molecule has 144 valence electrons. The molecule has 0 spiro atoms. The predicted octanol–water partition coefficient (Wildman–Crippen LogP) is 3.31. The van der Waals surface area contributed by atoms with Gasteiger partial charge in [0.05, 0.1) is 18.7 Å². The van der Waals surface area contributed by atoms with Gasteiger partial charge in [0.15, 0.2) is 12.1 Å². The van der Waals surface area contributed by atoms with Crippen LogP contribution in [0, 0.1) is 12.8 Å². The molecule has 0 aliphatic carbocycles. The molecule has 0 fully saturated rings. The zero-order chi connectivity index (χ0) is 19.6. The minimum absolute atomic E-state index is 0.0248. The van der Waals surface area contributed by atoms with Crippen molar-refractivity contribution in [3.8, 4) is 0 Å². The molecule has 0 aliphatic rings. The second kappa shape index (κ2) is 7.92. The van der Waals surface area contributed by atoms with Gasteiger partial charge in [-0.15, -0.1) is 0 Å². The zero-order valence-electron chi connectivity index (χ0n) is 16.6. The average Bonchev–Trinajstić information content (AvgIpc) is 3.04. The number of nitrogens with one attached hydrogen (secondary N) is 3. The normalized spacial score (nSPS) is 12.7. The Morgan fingerprint density at radius 1 is 1.19 bits per heavy atom. The molecule has 3 rings (SSSR count). The quantitative estimate of drug-likeness (QED) is 0.480. The maximum Gasteiger partial charge on any atom is 0.309 e. The third-order valence-electron chi connectivity index (χ3n) is 4.64. The SMILES string of the molecule is Cc1cccc(Nc2nc(NC(CO)C(C)C)nc3c2[nH]c[n+]3C(C)C)c1. The van der Waals surface area contributed by atoms with Crippen LogP contribution in [0.2, 0.25) is 0 Å². The van der Waals surface area contributed by atoms with E-state index in [9.17, 15) is 5.11 Å². The minimum atomic E-state index is -0.110. The number of nitrogens with zero attached hydrogens (tertiary/aromatic N) is 3. The highest BCUT2D eigenvalue weighted by Crippen LogP contribution is 2.24. The molecule has 0 aliphatic heterocycles. The topological polar surface area (TPSA) is 89.7 Å². The van der Waals surface area contributed by atoms with Crippen LogP contribution in [0.25, 0.3) is 11.2 Å². The van der Waals surface area contributed by atoms with E-state index in [0.717, 1.165) is 16.9 Å². The molecule has 2 aromatic heterocycles. The third kappa shape index (κ3) is 4.19. The Balaban J connectivity index is 2.07. The maximum atomic E-state index is 9.66.